The van der Waals surface area contributed by atoms with Gasteiger partial charge >= 0.3 is 0 Å². The summed E-state index contributed by atoms with van der Waals surface area (Å²) in [5, 5.41) is 0. The Labute approximate surface area is 114 Å². The van der Waals surface area contributed by atoms with E-state index in [-0.39, 0.29) is 17.3 Å². The van der Waals surface area contributed by atoms with Crippen LogP contribution in [0.3, 0.4) is 0 Å². The SMILES string of the molecule is CCCC1(CCCCl)c2cc(F)ccc2CC1N. The average Bonchev–Trinajstić information content (AvgIpc) is 2.61. The molecular formula is C15H21ClFN. The van der Waals surface area contributed by atoms with Crippen LogP contribution in [0.25, 0.3) is 0 Å². The number of halogens is 2. The minimum atomic E-state index is -0.158. The van der Waals surface area contributed by atoms with E-state index in [1.54, 1.807) is 6.07 Å². The second kappa shape index (κ2) is 5.58. The Morgan fingerprint density at radius 3 is 2.89 bits per heavy atom. The minimum absolute atomic E-state index is 0.0684. The Kier molecular flexibility index (Phi) is 4.29. The van der Waals surface area contributed by atoms with Crippen molar-refractivity contribution in [1.82, 2.24) is 0 Å². The van der Waals surface area contributed by atoms with Crippen molar-refractivity contribution in [3.8, 4) is 0 Å². The van der Waals surface area contributed by atoms with E-state index in [0.29, 0.717) is 5.88 Å². The first kappa shape index (κ1) is 13.8. The molecule has 0 spiro atoms. The van der Waals surface area contributed by atoms with E-state index >= 15 is 0 Å². The van der Waals surface area contributed by atoms with Crippen molar-refractivity contribution in [3.05, 3.63) is 35.1 Å². The Morgan fingerprint density at radius 1 is 1.44 bits per heavy atom. The van der Waals surface area contributed by atoms with E-state index < -0.39 is 0 Å². The minimum Gasteiger partial charge on any atom is -0.327 e. The molecule has 0 radical (unpaired) electrons. The van der Waals surface area contributed by atoms with Crippen LogP contribution < -0.4 is 5.73 Å². The van der Waals surface area contributed by atoms with Gasteiger partial charge in [0.2, 0.25) is 0 Å². The first-order valence-corrected chi connectivity index (χ1v) is 7.28. The second-order valence-corrected chi connectivity index (χ2v) is 5.69. The van der Waals surface area contributed by atoms with Crippen molar-refractivity contribution in [2.75, 3.05) is 5.88 Å². The lowest BCUT2D eigenvalue weighted by atomic mass is 9.72. The van der Waals surface area contributed by atoms with E-state index in [2.05, 4.69) is 6.92 Å². The Bertz CT molecular complexity index is 421. The highest BCUT2D eigenvalue weighted by atomic mass is 35.5. The van der Waals surface area contributed by atoms with Crippen LogP contribution in [0.5, 0.6) is 0 Å². The molecule has 1 aliphatic rings. The lowest BCUT2D eigenvalue weighted by Crippen LogP contribution is -2.42. The van der Waals surface area contributed by atoms with E-state index in [1.807, 2.05) is 6.07 Å². The number of rotatable bonds is 5. The van der Waals surface area contributed by atoms with Gasteiger partial charge in [-0.05, 0) is 48.9 Å². The zero-order chi connectivity index (χ0) is 13.2. The summed E-state index contributed by atoms with van der Waals surface area (Å²) < 4.78 is 13.5. The number of hydrogen-bond donors (Lipinski definition) is 1. The fourth-order valence-electron chi connectivity index (χ4n) is 3.42. The highest BCUT2D eigenvalue weighted by molar-refractivity contribution is 6.17. The molecule has 18 heavy (non-hydrogen) atoms. The molecule has 2 unspecified atom stereocenters. The van der Waals surface area contributed by atoms with Crippen LogP contribution >= 0.6 is 11.6 Å². The maximum Gasteiger partial charge on any atom is 0.123 e. The van der Waals surface area contributed by atoms with Crippen LogP contribution in [0.2, 0.25) is 0 Å². The maximum atomic E-state index is 13.5. The topological polar surface area (TPSA) is 26.0 Å². The molecule has 1 aromatic rings. The molecule has 3 heteroatoms. The Balaban J connectivity index is 2.42. The first-order valence-electron chi connectivity index (χ1n) is 6.74. The van der Waals surface area contributed by atoms with E-state index in [9.17, 15) is 4.39 Å². The van der Waals surface area contributed by atoms with Crippen LogP contribution in [0, 0.1) is 5.82 Å². The lowest BCUT2D eigenvalue weighted by molar-refractivity contribution is 0.312. The summed E-state index contributed by atoms with van der Waals surface area (Å²) >= 11 is 5.83. The van der Waals surface area contributed by atoms with Crippen molar-refractivity contribution in [3.63, 3.8) is 0 Å². The third-order valence-corrected chi connectivity index (χ3v) is 4.48. The zero-order valence-corrected chi connectivity index (χ0v) is 11.6. The van der Waals surface area contributed by atoms with E-state index in [4.69, 9.17) is 17.3 Å². The molecule has 100 valence electrons. The molecule has 0 saturated heterocycles. The molecule has 1 nitrogen and oxygen atoms in total. The quantitative estimate of drug-likeness (QED) is 0.809. The van der Waals surface area contributed by atoms with Gasteiger partial charge in [-0.15, -0.1) is 11.6 Å². The molecule has 1 aliphatic carbocycles. The number of nitrogens with two attached hydrogens (primary N) is 1. The van der Waals surface area contributed by atoms with Gasteiger partial charge in [-0.2, -0.15) is 0 Å². The molecule has 0 aliphatic heterocycles. The third-order valence-electron chi connectivity index (χ3n) is 4.21. The number of benzene rings is 1. The second-order valence-electron chi connectivity index (χ2n) is 5.31. The molecule has 0 amide bonds. The number of alkyl halides is 1. The van der Waals surface area contributed by atoms with Gasteiger partial charge in [0.15, 0.2) is 0 Å². The third kappa shape index (κ3) is 2.28. The number of fused-ring (bicyclic) bond motifs is 1. The van der Waals surface area contributed by atoms with Gasteiger partial charge in [0.1, 0.15) is 5.82 Å². The molecule has 0 bridgehead atoms. The van der Waals surface area contributed by atoms with Crippen molar-refractivity contribution < 1.29 is 4.39 Å². The van der Waals surface area contributed by atoms with Crippen LogP contribution in [-0.2, 0) is 11.8 Å². The van der Waals surface area contributed by atoms with Gasteiger partial charge in [0.25, 0.3) is 0 Å². The van der Waals surface area contributed by atoms with Gasteiger partial charge in [-0.3, -0.25) is 0 Å². The van der Waals surface area contributed by atoms with Crippen molar-refractivity contribution in [2.24, 2.45) is 5.73 Å². The van der Waals surface area contributed by atoms with Gasteiger partial charge in [0, 0.05) is 17.3 Å². The molecule has 2 N–H and O–H groups in total. The fraction of sp³-hybridized carbons (Fsp3) is 0.600. The van der Waals surface area contributed by atoms with Gasteiger partial charge in [-0.25, -0.2) is 4.39 Å². The van der Waals surface area contributed by atoms with Crippen LogP contribution in [0.1, 0.15) is 43.7 Å². The Hall–Kier alpha value is -0.600. The highest BCUT2D eigenvalue weighted by Crippen LogP contribution is 2.45. The van der Waals surface area contributed by atoms with Crippen molar-refractivity contribution in [1.29, 1.82) is 0 Å². The summed E-state index contributed by atoms with van der Waals surface area (Å²) in [6.45, 7) is 2.16. The molecule has 0 fully saturated rings. The molecule has 0 aromatic heterocycles. The van der Waals surface area contributed by atoms with Gasteiger partial charge < -0.3 is 5.73 Å². The highest BCUT2D eigenvalue weighted by Gasteiger charge is 2.43. The zero-order valence-electron chi connectivity index (χ0n) is 10.9. The Morgan fingerprint density at radius 2 is 2.22 bits per heavy atom. The average molecular weight is 270 g/mol. The molecule has 0 heterocycles. The predicted octanol–water partition coefficient (Wildman–Crippen LogP) is 3.77. The summed E-state index contributed by atoms with van der Waals surface area (Å²) in [7, 11) is 0. The summed E-state index contributed by atoms with van der Waals surface area (Å²) in [6.07, 6.45) is 4.83. The van der Waals surface area contributed by atoms with Crippen molar-refractivity contribution in [2.45, 2.75) is 50.5 Å². The fourth-order valence-corrected chi connectivity index (χ4v) is 3.55. The molecule has 2 atom stereocenters. The van der Waals surface area contributed by atoms with Gasteiger partial charge in [-0.1, -0.05) is 19.4 Å². The number of hydrogen-bond acceptors (Lipinski definition) is 1. The van der Waals surface area contributed by atoms with E-state index in [1.165, 1.54) is 11.6 Å². The smallest absolute Gasteiger partial charge is 0.123 e. The largest absolute Gasteiger partial charge is 0.327 e. The van der Waals surface area contributed by atoms with Crippen molar-refractivity contribution >= 4 is 11.6 Å². The first-order chi connectivity index (χ1) is 8.64. The lowest BCUT2D eigenvalue weighted by Gasteiger charge is -2.35. The van der Waals surface area contributed by atoms with Crippen LogP contribution in [0.15, 0.2) is 18.2 Å². The molecule has 1 aromatic carbocycles. The molecular weight excluding hydrogens is 249 g/mol. The maximum absolute atomic E-state index is 13.5. The standard InChI is InChI=1S/C15H21ClFN/c1-2-6-15(7-3-8-16)13-10-12(17)5-4-11(13)9-14(15)18/h4-5,10,14H,2-3,6-9,18H2,1H3. The molecule has 0 saturated carbocycles. The summed E-state index contributed by atoms with van der Waals surface area (Å²) in [4.78, 5) is 0. The summed E-state index contributed by atoms with van der Waals surface area (Å²) in [5.74, 6) is 0.484. The van der Waals surface area contributed by atoms with Gasteiger partial charge in [0.05, 0.1) is 0 Å². The normalized spacial score (nSPS) is 26.3. The summed E-state index contributed by atoms with van der Waals surface area (Å²) in [6, 6.07) is 5.21. The molecule has 2 rings (SSSR count). The summed E-state index contributed by atoms with van der Waals surface area (Å²) in [5.41, 5.74) is 8.65. The van der Waals surface area contributed by atoms with E-state index in [0.717, 1.165) is 37.7 Å². The predicted molar refractivity (Wildman–Crippen MR) is 74.6 cm³/mol. The monoisotopic (exact) mass is 269 g/mol. The van der Waals surface area contributed by atoms with Crippen LogP contribution in [0.4, 0.5) is 4.39 Å². The van der Waals surface area contributed by atoms with Crippen LogP contribution in [-0.4, -0.2) is 11.9 Å².